The van der Waals surface area contributed by atoms with Crippen molar-refractivity contribution in [3.05, 3.63) is 45.6 Å². The summed E-state index contributed by atoms with van der Waals surface area (Å²) >= 11 is 5.99. The van der Waals surface area contributed by atoms with Crippen LogP contribution in [0.1, 0.15) is 29.3 Å². The molecule has 1 aliphatic carbocycles. The molecule has 1 aromatic carbocycles. The van der Waals surface area contributed by atoms with Gasteiger partial charge < -0.3 is 20.3 Å². The minimum absolute atomic E-state index is 0.0203. The lowest BCUT2D eigenvalue weighted by atomic mass is 10.00. The Kier molecular flexibility index (Phi) is 6.02. The molecule has 0 saturated carbocycles. The number of nitrogens with one attached hydrogen (secondary N) is 1. The summed E-state index contributed by atoms with van der Waals surface area (Å²) in [5, 5.41) is 21.7. The lowest BCUT2D eigenvalue weighted by Gasteiger charge is -2.14. The molecule has 1 amide bonds. The van der Waals surface area contributed by atoms with Crippen molar-refractivity contribution >= 4 is 35.0 Å². The molecular formula is C18H16ClNO7. The number of phenolic OH excluding ortho intramolecular Hbond substituents is 2. The van der Waals surface area contributed by atoms with Gasteiger partial charge in [0.25, 0.3) is 0 Å². The van der Waals surface area contributed by atoms with Gasteiger partial charge in [0.15, 0.2) is 5.78 Å². The summed E-state index contributed by atoms with van der Waals surface area (Å²) in [7, 11) is 1.10. The first-order valence-electron chi connectivity index (χ1n) is 7.75. The van der Waals surface area contributed by atoms with Crippen molar-refractivity contribution in [1.29, 1.82) is 0 Å². The van der Waals surface area contributed by atoms with Crippen LogP contribution < -0.4 is 5.32 Å². The Hall–Kier alpha value is -3.13. The van der Waals surface area contributed by atoms with Crippen LogP contribution >= 0.6 is 11.6 Å². The zero-order valence-electron chi connectivity index (χ0n) is 14.5. The molecule has 0 unspecified atom stereocenters. The second-order valence-corrected chi connectivity index (χ2v) is 6.11. The highest BCUT2D eigenvalue weighted by atomic mass is 35.5. The molecule has 142 valence electrons. The first-order valence-corrected chi connectivity index (χ1v) is 8.13. The van der Waals surface area contributed by atoms with Gasteiger partial charge in [-0.15, -0.1) is 0 Å². The summed E-state index contributed by atoms with van der Waals surface area (Å²) in [6.07, 6.45) is 1.77. The Morgan fingerprint density at radius 2 is 1.81 bits per heavy atom. The van der Waals surface area contributed by atoms with Crippen LogP contribution in [-0.2, 0) is 25.5 Å². The monoisotopic (exact) mass is 393 g/mol. The largest absolute Gasteiger partial charge is 0.507 e. The average Bonchev–Trinajstić information content (AvgIpc) is 2.60. The Bertz CT molecular complexity index is 915. The first-order chi connectivity index (χ1) is 12.6. The highest BCUT2D eigenvalue weighted by molar-refractivity contribution is 6.33. The number of phenols is 2. The molecule has 0 aliphatic heterocycles. The molecule has 0 aromatic heterocycles. The SMILES string of the molecule is COC(=O)c1c(O)cc(O)c(Cl)c1CCC(=O)NC1=CC(=O)C(C)=CC1=O. The minimum Gasteiger partial charge on any atom is -0.507 e. The van der Waals surface area contributed by atoms with Gasteiger partial charge in [-0.05, 0) is 25.0 Å². The van der Waals surface area contributed by atoms with Crippen molar-refractivity contribution < 1.29 is 34.1 Å². The van der Waals surface area contributed by atoms with Crippen molar-refractivity contribution in [3.8, 4) is 11.5 Å². The quantitative estimate of drug-likeness (QED) is 0.511. The molecule has 9 heteroatoms. The highest BCUT2D eigenvalue weighted by Gasteiger charge is 2.24. The molecule has 0 radical (unpaired) electrons. The van der Waals surface area contributed by atoms with Crippen molar-refractivity contribution in [2.75, 3.05) is 7.11 Å². The molecule has 0 bridgehead atoms. The molecule has 0 saturated heterocycles. The van der Waals surface area contributed by atoms with Gasteiger partial charge in [-0.25, -0.2) is 4.79 Å². The summed E-state index contributed by atoms with van der Waals surface area (Å²) < 4.78 is 4.58. The number of allylic oxidation sites excluding steroid dienone is 3. The molecule has 0 fully saturated rings. The number of amides is 1. The Morgan fingerprint density at radius 3 is 2.44 bits per heavy atom. The number of carbonyl (C=O) groups is 4. The summed E-state index contributed by atoms with van der Waals surface area (Å²) in [4.78, 5) is 47.4. The van der Waals surface area contributed by atoms with E-state index in [0.29, 0.717) is 0 Å². The van der Waals surface area contributed by atoms with Crippen molar-refractivity contribution in [1.82, 2.24) is 5.32 Å². The number of hydrogen-bond acceptors (Lipinski definition) is 7. The predicted octanol–water partition coefficient (Wildman–Crippen LogP) is 1.57. The van der Waals surface area contributed by atoms with Crippen LogP contribution in [-0.4, -0.2) is 40.8 Å². The number of halogens is 1. The molecule has 0 heterocycles. The smallest absolute Gasteiger partial charge is 0.341 e. The van der Waals surface area contributed by atoms with Crippen molar-refractivity contribution in [2.45, 2.75) is 19.8 Å². The molecule has 8 nitrogen and oxygen atoms in total. The zero-order chi connectivity index (χ0) is 20.3. The highest BCUT2D eigenvalue weighted by Crippen LogP contribution is 2.37. The van der Waals surface area contributed by atoms with Gasteiger partial charge in [-0.3, -0.25) is 14.4 Å². The number of rotatable bonds is 5. The molecule has 27 heavy (non-hydrogen) atoms. The van der Waals surface area contributed by atoms with E-state index in [-0.39, 0.29) is 46.0 Å². The summed E-state index contributed by atoms with van der Waals surface area (Å²) in [6.45, 7) is 1.49. The zero-order valence-corrected chi connectivity index (χ0v) is 15.2. The average molecular weight is 394 g/mol. The van der Waals surface area contributed by atoms with Crippen molar-refractivity contribution in [2.24, 2.45) is 0 Å². The number of methoxy groups -OCH3 is 1. The Labute approximate surface area is 159 Å². The Morgan fingerprint density at radius 1 is 1.15 bits per heavy atom. The molecular weight excluding hydrogens is 378 g/mol. The fraction of sp³-hybridized carbons (Fsp3) is 0.222. The molecule has 2 rings (SSSR count). The van der Waals surface area contributed by atoms with Crippen LogP contribution in [0.5, 0.6) is 11.5 Å². The summed E-state index contributed by atoms with van der Waals surface area (Å²) in [6, 6.07) is 0.893. The molecule has 1 aromatic rings. The van der Waals surface area contributed by atoms with E-state index in [0.717, 1.165) is 25.3 Å². The third-order valence-electron chi connectivity index (χ3n) is 3.86. The first kappa shape index (κ1) is 20.2. The van der Waals surface area contributed by atoms with Crippen LogP contribution in [0, 0.1) is 0 Å². The second kappa shape index (κ2) is 8.05. The third-order valence-corrected chi connectivity index (χ3v) is 4.29. The van der Waals surface area contributed by atoms with E-state index in [1.807, 2.05) is 0 Å². The van der Waals surface area contributed by atoms with E-state index < -0.39 is 29.2 Å². The normalized spacial score (nSPS) is 13.7. The van der Waals surface area contributed by atoms with Crippen LogP contribution in [0.3, 0.4) is 0 Å². The third kappa shape index (κ3) is 4.35. The van der Waals surface area contributed by atoms with E-state index >= 15 is 0 Å². The van der Waals surface area contributed by atoms with E-state index in [4.69, 9.17) is 11.6 Å². The lowest BCUT2D eigenvalue weighted by Crippen LogP contribution is -2.29. The van der Waals surface area contributed by atoms with Gasteiger partial charge >= 0.3 is 5.97 Å². The van der Waals surface area contributed by atoms with E-state index in [1.165, 1.54) is 6.92 Å². The maximum atomic E-state index is 12.1. The van der Waals surface area contributed by atoms with Crippen LogP contribution in [0.2, 0.25) is 5.02 Å². The predicted molar refractivity (Wildman–Crippen MR) is 94.4 cm³/mol. The molecule has 0 atom stereocenters. The van der Waals surface area contributed by atoms with Gasteiger partial charge in [-0.1, -0.05) is 11.6 Å². The van der Waals surface area contributed by atoms with Gasteiger partial charge in [0, 0.05) is 24.1 Å². The maximum absolute atomic E-state index is 12.1. The minimum atomic E-state index is -0.888. The van der Waals surface area contributed by atoms with Crippen LogP contribution in [0.15, 0.2) is 29.5 Å². The van der Waals surface area contributed by atoms with E-state index in [1.54, 1.807) is 0 Å². The van der Waals surface area contributed by atoms with Gasteiger partial charge in [0.2, 0.25) is 11.7 Å². The number of carbonyl (C=O) groups excluding carboxylic acids is 4. The molecule has 1 aliphatic rings. The number of hydrogen-bond donors (Lipinski definition) is 3. The Balaban J connectivity index is 2.18. The molecule has 0 spiro atoms. The number of ether oxygens (including phenoxy) is 1. The summed E-state index contributed by atoms with van der Waals surface area (Å²) in [5.41, 5.74) is -0.141. The topological polar surface area (TPSA) is 130 Å². The summed E-state index contributed by atoms with van der Waals surface area (Å²) in [5.74, 6) is -3.42. The number of aromatic hydroxyl groups is 2. The van der Waals surface area contributed by atoms with Crippen LogP contribution in [0.4, 0.5) is 0 Å². The lowest BCUT2D eigenvalue weighted by molar-refractivity contribution is -0.122. The number of benzene rings is 1. The number of ketones is 2. The number of esters is 1. The van der Waals surface area contributed by atoms with Gasteiger partial charge in [0.05, 0.1) is 17.8 Å². The maximum Gasteiger partial charge on any atom is 0.341 e. The van der Waals surface area contributed by atoms with E-state index in [2.05, 4.69) is 10.1 Å². The standard InChI is InChI=1S/C18H16ClNO7/c1-8-5-12(22)10(6-11(8)21)20-15(25)4-3-9-16(18(26)27-2)13(23)7-14(24)17(9)19/h5-7,23-24H,3-4H2,1-2H3,(H,20,25). The second-order valence-electron chi connectivity index (χ2n) is 5.74. The van der Waals surface area contributed by atoms with Gasteiger partial charge in [0.1, 0.15) is 17.1 Å². The fourth-order valence-corrected chi connectivity index (χ4v) is 2.70. The van der Waals surface area contributed by atoms with Crippen LogP contribution in [0.25, 0.3) is 0 Å². The van der Waals surface area contributed by atoms with Crippen molar-refractivity contribution in [3.63, 3.8) is 0 Å². The van der Waals surface area contributed by atoms with Gasteiger partial charge in [-0.2, -0.15) is 0 Å². The van der Waals surface area contributed by atoms with E-state index in [9.17, 15) is 29.4 Å². The molecule has 3 N–H and O–H groups in total. The fourth-order valence-electron chi connectivity index (χ4n) is 2.46.